The summed E-state index contributed by atoms with van der Waals surface area (Å²) in [4.78, 5) is 11.9. The molecule has 0 spiro atoms. The summed E-state index contributed by atoms with van der Waals surface area (Å²) in [6, 6.07) is 13.8. The summed E-state index contributed by atoms with van der Waals surface area (Å²) in [5, 5.41) is 2.78. The highest BCUT2D eigenvalue weighted by Gasteiger charge is 2.16. The lowest BCUT2D eigenvalue weighted by Crippen LogP contribution is -2.27. The van der Waals surface area contributed by atoms with E-state index in [0.29, 0.717) is 0 Å². The molecule has 1 amide bonds. The lowest BCUT2D eigenvalue weighted by molar-refractivity contribution is 0.0636. The number of nitrogen functional groups attached to an aromatic ring is 1. The fourth-order valence-corrected chi connectivity index (χ4v) is 2.47. The smallest absolute Gasteiger partial charge is 0.412 e. The second-order valence-corrected chi connectivity index (χ2v) is 7.01. The maximum absolute atomic E-state index is 11.9. The monoisotopic (exact) mass is 326 g/mol. The Balaban J connectivity index is 2.00. The van der Waals surface area contributed by atoms with Crippen LogP contribution in [-0.2, 0) is 17.6 Å². The Bertz CT molecular complexity index is 718. The molecule has 0 aliphatic heterocycles. The number of benzene rings is 2. The molecular formula is C20H26N2O2. The highest BCUT2D eigenvalue weighted by Crippen LogP contribution is 2.18. The van der Waals surface area contributed by atoms with Crippen LogP contribution in [0.15, 0.2) is 42.5 Å². The quantitative estimate of drug-likeness (QED) is 0.800. The van der Waals surface area contributed by atoms with Gasteiger partial charge in [0.1, 0.15) is 5.60 Å². The molecule has 0 fully saturated rings. The van der Waals surface area contributed by atoms with Crippen molar-refractivity contribution in [2.45, 2.75) is 46.1 Å². The second kappa shape index (κ2) is 7.39. The average Bonchev–Trinajstić information content (AvgIpc) is 2.46. The fraction of sp³-hybridized carbons (Fsp3) is 0.350. The Hall–Kier alpha value is -2.49. The molecule has 24 heavy (non-hydrogen) atoms. The number of ether oxygens (including phenoxy) is 1. The number of hydrogen-bond donors (Lipinski definition) is 2. The highest BCUT2D eigenvalue weighted by atomic mass is 16.6. The number of carbonyl (C=O) groups excluding carboxylic acids is 1. The van der Waals surface area contributed by atoms with Crippen molar-refractivity contribution in [2.24, 2.45) is 0 Å². The van der Waals surface area contributed by atoms with Crippen LogP contribution in [0.25, 0.3) is 0 Å². The van der Waals surface area contributed by atoms with Crippen LogP contribution in [0.1, 0.15) is 37.5 Å². The zero-order chi connectivity index (χ0) is 17.7. The minimum atomic E-state index is -0.507. The Labute approximate surface area is 144 Å². The lowest BCUT2D eigenvalue weighted by Gasteiger charge is -2.19. The number of nitrogens with one attached hydrogen (secondary N) is 1. The first-order valence-corrected chi connectivity index (χ1v) is 8.17. The van der Waals surface area contributed by atoms with Crippen molar-refractivity contribution in [3.63, 3.8) is 0 Å². The molecule has 0 radical (unpaired) electrons. The Kier molecular flexibility index (Phi) is 5.50. The summed E-state index contributed by atoms with van der Waals surface area (Å²) in [5.74, 6) is 0. The van der Waals surface area contributed by atoms with Gasteiger partial charge in [-0.1, -0.05) is 18.2 Å². The molecule has 4 heteroatoms. The number of nitrogens with two attached hydrogens (primary N) is 1. The predicted octanol–water partition coefficient (Wildman–Crippen LogP) is 4.71. The van der Waals surface area contributed by atoms with Crippen LogP contribution in [0, 0.1) is 6.92 Å². The SMILES string of the molecule is Cc1ccc(N)cc1CCc1cccc(NC(=O)OC(C)(C)C)c1. The first kappa shape index (κ1) is 17.9. The Morgan fingerprint density at radius 3 is 2.58 bits per heavy atom. The molecule has 2 aromatic rings. The van der Waals surface area contributed by atoms with E-state index in [1.54, 1.807) is 0 Å². The second-order valence-electron chi connectivity index (χ2n) is 7.01. The Morgan fingerprint density at radius 1 is 1.12 bits per heavy atom. The zero-order valence-corrected chi connectivity index (χ0v) is 14.8. The van der Waals surface area contributed by atoms with E-state index in [1.807, 2.05) is 57.2 Å². The topological polar surface area (TPSA) is 64.3 Å². The van der Waals surface area contributed by atoms with Crippen molar-refractivity contribution in [2.75, 3.05) is 11.1 Å². The summed E-state index contributed by atoms with van der Waals surface area (Å²) in [5.41, 5.74) is 10.5. The van der Waals surface area contributed by atoms with E-state index in [-0.39, 0.29) is 0 Å². The third kappa shape index (κ3) is 5.61. The molecular weight excluding hydrogens is 300 g/mol. The van der Waals surface area contributed by atoms with Crippen molar-refractivity contribution in [3.05, 3.63) is 59.2 Å². The molecule has 0 aliphatic carbocycles. The first-order chi connectivity index (χ1) is 11.2. The molecule has 0 saturated heterocycles. The van der Waals surface area contributed by atoms with E-state index >= 15 is 0 Å². The molecule has 0 aliphatic rings. The van der Waals surface area contributed by atoms with Gasteiger partial charge < -0.3 is 10.5 Å². The fourth-order valence-electron chi connectivity index (χ4n) is 2.47. The largest absolute Gasteiger partial charge is 0.444 e. The van der Waals surface area contributed by atoms with E-state index in [4.69, 9.17) is 10.5 Å². The molecule has 2 rings (SSSR count). The highest BCUT2D eigenvalue weighted by molar-refractivity contribution is 5.84. The molecule has 0 aromatic heterocycles. The van der Waals surface area contributed by atoms with Crippen molar-refractivity contribution >= 4 is 17.5 Å². The van der Waals surface area contributed by atoms with Gasteiger partial charge in [-0.15, -0.1) is 0 Å². The van der Waals surface area contributed by atoms with E-state index in [0.717, 1.165) is 29.8 Å². The summed E-state index contributed by atoms with van der Waals surface area (Å²) in [7, 11) is 0. The minimum absolute atomic E-state index is 0.439. The minimum Gasteiger partial charge on any atom is -0.444 e. The van der Waals surface area contributed by atoms with Crippen molar-refractivity contribution in [1.29, 1.82) is 0 Å². The van der Waals surface area contributed by atoms with Gasteiger partial charge in [0.05, 0.1) is 0 Å². The number of anilines is 2. The van der Waals surface area contributed by atoms with E-state index in [9.17, 15) is 4.79 Å². The molecule has 3 N–H and O–H groups in total. The Morgan fingerprint density at radius 2 is 1.88 bits per heavy atom. The third-order valence-corrected chi connectivity index (χ3v) is 3.63. The predicted molar refractivity (Wildman–Crippen MR) is 99.3 cm³/mol. The zero-order valence-electron chi connectivity index (χ0n) is 14.8. The number of rotatable bonds is 4. The standard InChI is InChI=1S/C20H26N2O2/c1-14-8-11-17(21)13-16(14)10-9-15-6-5-7-18(12-15)22-19(23)24-20(2,3)4/h5-8,11-13H,9-10,21H2,1-4H3,(H,22,23). The maximum atomic E-state index is 11.9. The third-order valence-electron chi connectivity index (χ3n) is 3.63. The lowest BCUT2D eigenvalue weighted by atomic mass is 10.00. The van der Waals surface area contributed by atoms with Gasteiger partial charge in [-0.2, -0.15) is 0 Å². The maximum Gasteiger partial charge on any atom is 0.412 e. The van der Waals surface area contributed by atoms with Crippen molar-refractivity contribution in [1.82, 2.24) is 0 Å². The van der Waals surface area contributed by atoms with Crippen molar-refractivity contribution < 1.29 is 9.53 Å². The number of hydrogen-bond acceptors (Lipinski definition) is 3. The van der Waals surface area contributed by atoms with E-state index in [2.05, 4.69) is 18.3 Å². The van der Waals surface area contributed by atoms with Crippen LogP contribution < -0.4 is 11.1 Å². The van der Waals surface area contributed by atoms with Gasteiger partial charge in [0.25, 0.3) is 0 Å². The van der Waals surface area contributed by atoms with Gasteiger partial charge in [-0.3, -0.25) is 5.32 Å². The van der Waals surface area contributed by atoms with Gasteiger partial charge in [0.2, 0.25) is 0 Å². The van der Waals surface area contributed by atoms with Gasteiger partial charge in [0.15, 0.2) is 0 Å². The van der Waals surface area contributed by atoms with Gasteiger partial charge in [0, 0.05) is 11.4 Å². The summed E-state index contributed by atoms with van der Waals surface area (Å²) < 4.78 is 5.28. The van der Waals surface area contributed by atoms with Crippen LogP contribution >= 0.6 is 0 Å². The van der Waals surface area contributed by atoms with Crippen LogP contribution in [0.4, 0.5) is 16.2 Å². The molecule has 2 aromatic carbocycles. The molecule has 4 nitrogen and oxygen atoms in total. The molecule has 128 valence electrons. The normalized spacial score (nSPS) is 11.2. The number of amides is 1. The van der Waals surface area contributed by atoms with Crippen LogP contribution in [0.3, 0.4) is 0 Å². The van der Waals surface area contributed by atoms with Gasteiger partial charge in [-0.25, -0.2) is 4.79 Å². The van der Waals surface area contributed by atoms with Crippen LogP contribution in [0.2, 0.25) is 0 Å². The molecule has 0 bridgehead atoms. The molecule has 0 atom stereocenters. The molecule has 0 saturated carbocycles. The average molecular weight is 326 g/mol. The van der Waals surface area contributed by atoms with Crippen LogP contribution in [-0.4, -0.2) is 11.7 Å². The van der Waals surface area contributed by atoms with E-state index < -0.39 is 11.7 Å². The van der Waals surface area contributed by atoms with Crippen molar-refractivity contribution in [3.8, 4) is 0 Å². The molecule has 0 unspecified atom stereocenters. The van der Waals surface area contributed by atoms with Gasteiger partial charge in [-0.05, 0) is 81.5 Å². The van der Waals surface area contributed by atoms with Crippen LogP contribution in [0.5, 0.6) is 0 Å². The molecule has 0 heterocycles. The number of aryl methyl sites for hydroxylation is 3. The summed E-state index contributed by atoms with van der Waals surface area (Å²) in [6.45, 7) is 7.62. The summed E-state index contributed by atoms with van der Waals surface area (Å²) in [6.07, 6.45) is 1.35. The van der Waals surface area contributed by atoms with E-state index in [1.165, 1.54) is 11.1 Å². The summed E-state index contributed by atoms with van der Waals surface area (Å²) >= 11 is 0. The first-order valence-electron chi connectivity index (χ1n) is 8.17. The van der Waals surface area contributed by atoms with Gasteiger partial charge >= 0.3 is 6.09 Å². The number of carbonyl (C=O) groups is 1.